The lowest BCUT2D eigenvalue weighted by Gasteiger charge is -2.10. The van der Waals surface area contributed by atoms with Crippen molar-refractivity contribution in [1.82, 2.24) is 10.3 Å². The number of rotatable bonds is 5. The molecule has 0 bridgehead atoms. The van der Waals surface area contributed by atoms with Crippen LogP contribution in [0, 0.1) is 5.82 Å². The molecule has 0 fully saturated rings. The molecule has 21 heavy (non-hydrogen) atoms. The second-order valence-corrected chi connectivity index (χ2v) is 5.19. The Morgan fingerprint density at radius 2 is 2.10 bits per heavy atom. The highest BCUT2D eigenvalue weighted by atomic mass is 79.9. The first-order chi connectivity index (χ1) is 10.1. The number of nitrogens with one attached hydrogen (secondary N) is 1. The molecule has 2 rings (SSSR count). The number of oxime groups is 1. The van der Waals surface area contributed by atoms with Gasteiger partial charge in [-0.15, -0.1) is 0 Å². The van der Waals surface area contributed by atoms with E-state index in [-0.39, 0.29) is 11.7 Å². The molecule has 0 aliphatic heterocycles. The van der Waals surface area contributed by atoms with E-state index in [1.54, 1.807) is 18.3 Å². The monoisotopic (exact) mass is 352 g/mol. The van der Waals surface area contributed by atoms with Gasteiger partial charge in [0.2, 0.25) is 0 Å². The summed E-state index contributed by atoms with van der Waals surface area (Å²) >= 11 is 3.37. The summed E-state index contributed by atoms with van der Waals surface area (Å²) in [6.45, 7) is 0.936. The second kappa shape index (κ2) is 7.14. The second-order valence-electron chi connectivity index (χ2n) is 4.34. The SMILES string of the molecule is NC(=NO)c1ncccc1CNCc1cc(F)ccc1Br. The third-order valence-corrected chi connectivity index (χ3v) is 3.65. The maximum Gasteiger partial charge on any atom is 0.189 e. The molecule has 1 heterocycles. The molecule has 7 heteroatoms. The van der Waals surface area contributed by atoms with Gasteiger partial charge in [0, 0.05) is 23.8 Å². The fourth-order valence-corrected chi connectivity index (χ4v) is 2.26. The predicted octanol–water partition coefficient (Wildman–Crippen LogP) is 2.37. The number of benzene rings is 1. The van der Waals surface area contributed by atoms with Gasteiger partial charge < -0.3 is 16.3 Å². The lowest BCUT2D eigenvalue weighted by atomic mass is 10.1. The zero-order valence-corrected chi connectivity index (χ0v) is 12.6. The standard InChI is InChI=1S/C14H14BrFN4O/c15-12-4-3-11(16)6-10(12)8-18-7-9-2-1-5-19-13(9)14(17)20-21/h1-6,18,21H,7-8H2,(H2,17,20). The molecule has 4 N–H and O–H groups in total. The van der Waals surface area contributed by atoms with Crippen LogP contribution in [0.5, 0.6) is 0 Å². The fourth-order valence-electron chi connectivity index (χ4n) is 1.87. The van der Waals surface area contributed by atoms with Crippen molar-refractivity contribution >= 4 is 21.8 Å². The molecule has 5 nitrogen and oxygen atoms in total. The van der Waals surface area contributed by atoms with Gasteiger partial charge in [-0.05, 0) is 35.4 Å². The minimum Gasteiger partial charge on any atom is -0.409 e. The van der Waals surface area contributed by atoms with E-state index in [1.807, 2.05) is 6.07 Å². The molecule has 0 unspecified atom stereocenters. The average molecular weight is 353 g/mol. The number of hydrogen-bond acceptors (Lipinski definition) is 4. The molecular weight excluding hydrogens is 339 g/mol. The Balaban J connectivity index is 2.06. The van der Waals surface area contributed by atoms with Crippen molar-refractivity contribution in [2.24, 2.45) is 10.9 Å². The van der Waals surface area contributed by atoms with Crippen LogP contribution in [0.25, 0.3) is 0 Å². The van der Waals surface area contributed by atoms with Crippen molar-refractivity contribution < 1.29 is 9.60 Å². The van der Waals surface area contributed by atoms with Crippen LogP contribution in [0.4, 0.5) is 4.39 Å². The van der Waals surface area contributed by atoms with E-state index >= 15 is 0 Å². The van der Waals surface area contributed by atoms with Crippen molar-refractivity contribution in [2.45, 2.75) is 13.1 Å². The highest BCUT2D eigenvalue weighted by Crippen LogP contribution is 2.17. The Kier molecular flexibility index (Phi) is 5.24. The maximum absolute atomic E-state index is 13.2. The van der Waals surface area contributed by atoms with Crippen LogP contribution < -0.4 is 11.1 Å². The molecule has 0 radical (unpaired) electrons. The zero-order valence-electron chi connectivity index (χ0n) is 11.1. The molecule has 1 aromatic heterocycles. The lowest BCUT2D eigenvalue weighted by Crippen LogP contribution is -2.21. The molecule has 2 aromatic rings. The summed E-state index contributed by atoms with van der Waals surface area (Å²) in [4.78, 5) is 4.08. The van der Waals surface area contributed by atoms with Crippen LogP contribution in [0.1, 0.15) is 16.8 Å². The Labute approximate surface area is 129 Å². The summed E-state index contributed by atoms with van der Waals surface area (Å²) in [5.74, 6) is -0.326. The minimum absolute atomic E-state index is 0.0423. The van der Waals surface area contributed by atoms with Crippen LogP contribution in [0.15, 0.2) is 46.2 Å². The van der Waals surface area contributed by atoms with Crippen LogP contribution in [0.3, 0.4) is 0 Å². The molecule has 1 aromatic carbocycles. The topological polar surface area (TPSA) is 83.5 Å². The van der Waals surface area contributed by atoms with E-state index in [9.17, 15) is 4.39 Å². The van der Waals surface area contributed by atoms with Gasteiger partial charge in [0.1, 0.15) is 11.5 Å². The molecule has 0 saturated carbocycles. The quantitative estimate of drug-likeness (QED) is 0.334. The zero-order chi connectivity index (χ0) is 15.2. The molecule has 0 amide bonds. The number of pyridine rings is 1. The molecule has 0 spiro atoms. The van der Waals surface area contributed by atoms with Gasteiger partial charge in [0.15, 0.2) is 5.84 Å². The summed E-state index contributed by atoms with van der Waals surface area (Å²) in [6.07, 6.45) is 1.57. The van der Waals surface area contributed by atoms with Crippen LogP contribution in [0.2, 0.25) is 0 Å². The Hall–Kier alpha value is -1.99. The van der Waals surface area contributed by atoms with Gasteiger partial charge in [0.05, 0.1) is 0 Å². The van der Waals surface area contributed by atoms with E-state index in [4.69, 9.17) is 10.9 Å². The number of nitrogens with two attached hydrogens (primary N) is 1. The van der Waals surface area contributed by atoms with Crippen molar-refractivity contribution in [3.63, 3.8) is 0 Å². The van der Waals surface area contributed by atoms with Gasteiger partial charge >= 0.3 is 0 Å². The van der Waals surface area contributed by atoms with Crippen molar-refractivity contribution in [1.29, 1.82) is 0 Å². The van der Waals surface area contributed by atoms with Crippen molar-refractivity contribution in [3.8, 4) is 0 Å². The first-order valence-corrected chi connectivity index (χ1v) is 6.97. The Bertz CT molecular complexity index is 663. The Morgan fingerprint density at radius 1 is 1.33 bits per heavy atom. The first kappa shape index (κ1) is 15.4. The summed E-state index contributed by atoms with van der Waals surface area (Å²) in [5, 5.41) is 14.9. The number of hydrogen-bond donors (Lipinski definition) is 3. The largest absolute Gasteiger partial charge is 0.409 e. The highest BCUT2D eigenvalue weighted by Gasteiger charge is 2.08. The maximum atomic E-state index is 13.2. The number of halogens is 2. The third kappa shape index (κ3) is 3.99. The van der Waals surface area contributed by atoms with E-state index in [2.05, 4.69) is 31.4 Å². The van der Waals surface area contributed by atoms with Gasteiger partial charge in [0.25, 0.3) is 0 Å². The van der Waals surface area contributed by atoms with E-state index in [1.165, 1.54) is 12.1 Å². The summed E-state index contributed by atoms with van der Waals surface area (Å²) in [6, 6.07) is 8.12. The van der Waals surface area contributed by atoms with Crippen LogP contribution >= 0.6 is 15.9 Å². The van der Waals surface area contributed by atoms with Gasteiger partial charge in [-0.25, -0.2) is 4.39 Å². The van der Waals surface area contributed by atoms with Gasteiger partial charge in [-0.3, -0.25) is 4.98 Å². The van der Waals surface area contributed by atoms with E-state index in [0.29, 0.717) is 18.8 Å². The van der Waals surface area contributed by atoms with Gasteiger partial charge in [-0.1, -0.05) is 27.2 Å². The molecule has 0 atom stereocenters. The third-order valence-electron chi connectivity index (χ3n) is 2.88. The molecule has 0 saturated heterocycles. The lowest BCUT2D eigenvalue weighted by molar-refractivity contribution is 0.318. The van der Waals surface area contributed by atoms with Crippen LogP contribution in [-0.2, 0) is 13.1 Å². The van der Waals surface area contributed by atoms with Crippen molar-refractivity contribution in [2.75, 3.05) is 0 Å². The molecular formula is C14H14BrFN4O. The predicted molar refractivity (Wildman–Crippen MR) is 81.4 cm³/mol. The smallest absolute Gasteiger partial charge is 0.189 e. The summed E-state index contributed by atoms with van der Waals surface area (Å²) < 4.78 is 14.0. The molecule has 110 valence electrons. The highest BCUT2D eigenvalue weighted by molar-refractivity contribution is 9.10. The normalized spacial score (nSPS) is 11.6. The minimum atomic E-state index is -0.284. The van der Waals surface area contributed by atoms with Crippen LogP contribution in [-0.4, -0.2) is 16.0 Å². The average Bonchev–Trinajstić information content (AvgIpc) is 2.50. The van der Waals surface area contributed by atoms with Gasteiger partial charge in [-0.2, -0.15) is 0 Å². The Morgan fingerprint density at radius 3 is 2.86 bits per heavy atom. The van der Waals surface area contributed by atoms with E-state index in [0.717, 1.165) is 15.6 Å². The molecule has 0 aliphatic rings. The summed E-state index contributed by atoms with van der Waals surface area (Å²) in [5.41, 5.74) is 7.60. The fraction of sp³-hybridized carbons (Fsp3) is 0.143. The number of nitrogens with zero attached hydrogens (tertiary/aromatic N) is 2. The van der Waals surface area contributed by atoms with E-state index < -0.39 is 0 Å². The van der Waals surface area contributed by atoms with Crippen molar-refractivity contribution in [3.05, 3.63) is 63.6 Å². The summed E-state index contributed by atoms with van der Waals surface area (Å²) in [7, 11) is 0. The number of aromatic nitrogens is 1. The number of amidine groups is 1. The first-order valence-electron chi connectivity index (χ1n) is 6.18. The molecule has 0 aliphatic carbocycles.